The highest BCUT2D eigenvalue weighted by atomic mass is 16.5. The molecule has 0 saturated heterocycles. The molecule has 0 saturated carbocycles. The Morgan fingerprint density at radius 2 is 1.86 bits per heavy atom. The van der Waals surface area contributed by atoms with Gasteiger partial charge in [0.1, 0.15) is 18.1 Å². The summed E-state index contributed by atoms with van der Waals surface area (Å²) in [4.78, 5) is 26.9. The van der Waals surface area contributed by atoms with Gasteiger partial charge in [0.2, 0.25) is 5.91 Å². The summed E-state index contributed by atoms with van der Waals surface area (Å²) in [5.74, 6) is 0.852. The Labute approximate surface area is 172 Å². The highest BCUT2D eigenvalue weighted by Crippen LogP contribution is 2.24. The van der Waals surface area contributed by atoms with E-state index in [4.69, 9.17) is 4.74 Å². The lowest BCUT2D eigenvalue weighted by Gasteiger charge is -2.26. The monoisotopic (exact) mass is 401 g/mol. The molecule has 0 bridgehead atoms. The van der Waals surface area contributed by atoms with Gasteiger partial charge in [0.05, 0.1) is 18.5 Å². The first-order chi connectivity index (χ1) is 13.5. The van der Waals surface area contributed by atoms with E-state index in [1.54, 1.807) is 37.0 Å². The van der Waals surface area contributed by atoms with Crippen molar-refractivity contribution in [1.82, 2.24) is 14.7 Å². The van der Waals surface area contributed by atoms with Crippen molar-refractivity contribution in [2.75, 3.05) is 24.3 Å². The van der Waals surface area contributed by atoms with E-state index >= 15 is 0 Å². The van der Waals surface area contributed by atoms with E-state index in [9.17, 15) is 9.59 Å². The number of aromatic nitrogens is 2. The van der Waals surface area contributed by atoms with Crippen LogP contribution in [0.3, 0.4) is 0 Å². The van der Waals surface area contributed by atoms with Crippen molar-refractivity contribution in [3.63, 3.8) is 0 Å². The molecule has 0 aliphatic carbocycles. The zero-order chi connectivity index (χ0) is 21.8. The summed E-state index contributed by atoms with van der Waals surface area (Å²) in [5.41, 5.74) is 1.30. The van der Waals surface area contributed by atoms with Crippen LogP contribution in [0.2, 0.25) is 0 Å². The smallest absolute Gasteiger partial charge is 0.322 e. The molecule has 0 unspecified atom stereocenters. The SMILES string of the molecule is COc1ccccc1NC(=O)N(CC(=O)Nc1cc(C(C)(C)C)nn1C)C(C)C. The number of benzene rings is 1. The first kappa shape index (κ1) is 22.3. The number of urea groups is 1. The van der Waals surface area contributed by atoms with Crippen LogP contribution in [0.4, 0.5) is 16.3 Å². The molecule has 2 rings (SSSR count). The molecule has 3 amide bonds. The fourth-order valence-corrected chi connectivity index (χ4v) is 2.71. The van der Waals surface area contributed by atoms with E-state index in [2.05, 4.69) is 36.5 Å². The highest BCUT2D eigenvalue weighted by Gasteiger charge is 2.23. The second-order valence-electron chi connectivity index (χ2n) is 8.19. The van der Waals surface area contributed by atoms with Crippen molar-refractivity contribution >= 4 is 23.4 Å². The van der Waals surface area contributed by atoms with E-state index in [0.717, 1.165) is 5.69 Å². The van der Waals surface area contributed by atoms with E-state index < -0.39 is 0 Å². The van der Waals surface area contributed by atoms with Crippen LogP contribution in [-0.4, -0.2) is 46.3 Å². The Bertz CT molecular complexity index is 867. The summed E-state index contributed by atoms with van der Waals surface area (Å²) in [6, 6.07) is 8.44. The Hall–Kier alpha value is -3.03. The number of carbonyl (C=O) groups is 2. The highest BCUT2D eigenvalue weighted by molar-refractivity contribution is 5.97. The normalized spacial score (nSPS) is 11.3. The molecule has 0 atom stereocenters. The Morgan fingerprint density at radius 3 is 2.41 bits per heavy atom. The third-order valence-electron chi connectivity index (χ3n) is 4.46. The lowest BCUT2D eigenvalue weighted by atomic mass is 9.92. The quantitative estimate of drug-likeness (QED) is 0.774. The summed E-state index contributed by atoms with van der Waals surface area (Å²) in [6.45, 7) is 9.80. The average Bonchev–Trinajstić information content (AvgIpc) is 3.00. The minimum absolute atomic E-state index is 0.0886. The number of anilines is 2. The maximum Gasteiger partial charge on any atom is 0.322 e. The fourth-order valence-electron chi connectivity index (χ4n) is 2.71. The van der Waals surface area contributed by atoms with Gasteiger partial charge in [-0.2, -0.15) is 5.10 Å². The number of rotatable bonds is 6. The summed E-state index contributed by atoms with van der Waals surface area (Å²) in [7, 11) is 3.32. The molecule has 2 aromatic rings. The molecule has 0 aliphatic heterocycles. The minimum Gasteiger partial charge on any atom is -0.495 e. The molecule has 8 heteroatoms. The molecule has 0 aliphatic rings. The van der Waals surface area contributed by atoms with Gasteiger partial charge in [-0.3, -0.25) is 9.48 Å². The molecule has 1 aromatic carbocycles. The van der Waals surface area contributed by atoms with Crippen LogP contribution < -0.4 is 15.4 Å². The van der Waals surface area contributed by atoms with Crippen LogP contribution >= 0.6 is 0 Å². The number of ether oxygens (including phenoxy) is 1. The van der Waals surface area contributed by atoms with Crippen molar-refractivity contribution in [3.05, 3.63) is 36.0 Å². The molecule has 29 heavy (non-hydrogen) atoms. The van der Waals surface area contributed by atoms with Crippen LogP contribution in [0.15, 0.2) is 30.3 Å². The third kappa shape index (κ3) is 5.73. The van der Waals surface area contributed by atoms with Crippen LogP contribution in [-0.2, 0) is 17.3 Å². The molecular weight excluding hydrogens is 370 g/mol. The fraction of sp³-hybridized carbons (Fsp3) is 0.476. The lowest BCUT2D eigenvalue weighted by Crippen LogP contribution is -2.44. The zero-order valence-corrected chi connectivity index (χ0v) is 18.2. The van der Waals surface area contributed by atoms with Gasteiger partial charge in [-0.25, -0.2) is 4.79 Å². The van der Waals surface area contributed by atoms with Gasteiger partial charge in [0.25, 0.3) is 0 Å². The molecule has 8 nitrogen and oxygen atoms in total. The van der Waals surface area contributed by atoms with E-state index in [1.807, 2.05) is 26.0 Å². The van der Waals surface area contributed by atoms with Crippen LogP contribution in [0.1, 0.15) is 40.3 Å². The van der Waals surface area contributed by atoms with Gasteiger partial charge in [-0.05, 0) is 26.0 Å². The van der Waals surface area contributed by atoms with Crippen LogP contribution in [0.25, 0.3) is 0 Å². The van der Waals surface area contributed by atoms with Gasteiger partial charge in [-0.1, -0.05) is 32.9 Å². The van der Waals surface area contributed by atoms with Gasteiger partial charge < -0.3 is 20.3 Å². The average molecular weight is 402 g/mol. The lowest BCUT2D eigenvalue weighted by molar-refractivity contribution is -0.117. The number of para-hydroxylation sites is 2. The molecule has 0 fully saturated rings. The first-order valence-electron chi connectivity index (χ1n) is 9.58. The van der Waals surface area contributed by atoms with Crippen molar-refractivity contribution in [2.45, 2.75) is 46.1 Å². The van der Waals surface area contributed by atoms with Crippen LogP contribution in [0, 0.1) is 0 Å². The number of hydrogen-bond donors (Lipinski definition) is 2. The number of nitrogens with zero attached hydrogens (tertiary/aromatic N) is 3. The van der Waals surface area contributed by atoms with Gasteiger partial charge >= 0.3 is 6.03 Å². The molecule has 0 spiro atoms. The standard InChI is InChI=1S/C21H31N5O3/c1-14(2)26(20(28)22-15-10-8-9-11-16(15)29-7)13-19(27)23-18-12-17(21(3,4)5)24-25(18)6/h8-12,14H,13H2,1-7H3,(H,22,28)(H,23,27). The Kier molecular flexibility index (Phi) is 6.89. The summed E-state index contributed by atoms with van der Waals surface area (Å²) in [6.07, 6.45) is 0. The number of methoxy groups -OCH3 is 1. The molecule has 1 heterocycles. The maximum atomic E-state index is 12.8. The van der Waals surface area contributed by atoms with E-state index in [-0.39, 0.29) is 29.9 Å². The Balaban J connectivity index is 2.09. The number of aryl methyl sites for hydroxylation is 1. The van der Waals surface area contributed by atoms with Crippen molar-refractivity contribution in [3.8, 4) is 5.75 Å². The summed E-state index contributed by atoms with van der Waals surface area (Å²) in [5, 5.41) is 10.1. The predicted molar refractivity (Wildman–Crippen MR) is 114 cm³/mol. The minimum atomic E-state index is -0.375. The Morgan fingerprint density at radius 1 is 1.21 bits per heavy atom. The van der Waals surface area contributed by atoms with Gasteiger partial charge in [-0.15, -0.1) is 0 Å². The predicted octanol–water partition coefficient (Wildman–Crippen LogP) is 3.61. The third-order valence-corrected chi connectivity index (χ3v) is 4.46. The number of amides is 3. The summed E-state index contributed by atoms with van der Waals surface area (Å²) >= 11 is 0. The maximum absolute atomic E-state index is 12.8. The second-order valence-corrected chi connectivity index (χ2v) is 8.19. The molecule has 158 valence electrons. The van der Waals surface area contributed by atoms with Crippen molar-refractivity contribution < 1.29 is 14.3 Å². The largest absolute Gasteiger partial charge is 0.495 e. The number of nitrogens with one attached hydrogen (secondary N) is 2. The first-order valence-corrected chi connectivity index (χ1v) is 9.58. The summed E-state index contributed by atoms with van der Waals surface area (Å²) < 4.78 is 6.90. The van der Waals surface area contributed by atoms with Gasteiger partial charge in [0, 0.05) is 24.6 Å². The molecule has 2 N–H and O–H groups in total. The van der Waals surface area contributed by atoms with Gasteiger partial charge in [0.15, 0.2) is 0 Å². The second kappa shape index (κ2) is 8.98. The van der Waals surface area contributed by atoms with E-state index in [0.29, 0.717) is 17.3 Å². The van der Waals surface area contributed by atoms with Crippen LogP contribution in [0.5, 0.6) is 5.75 Å². The van der Waals surface area contributed by atoms with Crippen molar-refractivity contribution in [2.24, 2.45) is 7.05 Å². The number of hydrogen-bond acceptors (Lipinski definition) is 4. The number of carbonyl (C=O) groups excluding carboxylic acids is 2. The van der Waals surface area contributed by atoms with Crippen molar-refractivity contribution in [1.29, 1.82) is 0 Å². The molecular formula is C21H31N5O3. The molecule has 1 aromatic heterocycles. The zero-order valence-electron chi connectivity index (χ0n) is 18.2. The topological polar surface area (TPSA) is 88.5 Å². The van der Waals surface area contributed by atoms with E-state index in [1.165, 1.54) is 4.90 Å². The molecule has 0 radical (unpaired) electrons.